The summed E-state index contributed by atoms with van der Waals surface area (Å²) in [5.41, 5.74) is 2.85. The minimum atomic E-state index is -0.691. The first-order valence-corrected chi connectivity index (χ1v) is 15.6. The second-order valence-electron chi connectivity index (χ2n) is 11.9. The molecule has 2 aliphatic rings. The molecule has 0 unspecified atom stereocenters. The molecule has 10 nitrogen and oxygen atoms in total. The van der Waals surface area contributed by atoms with Crippen LogP contribution in [0.5, 0.6) is 0 Å². The van der Waals surface area contributed by atoms with E-state index in [1.807, 2.05) is 20.8 Å². The van der Waals surface area contributed by atoms with Crippen molar-refractivity contribution < 1.29 is 23.6 Å². The number of rotatable bonds is 8. The lowest BCUT2D eigenvalue weighted by molar-refractivity contribution is 0.0155. The van der Waals surface area contributed by atoms with Crippen molar-refractivity contribution in [2.75, 3.05) is 44.6 Å². The van der Waals surface area contributed by atoms with E-state index in [1.165, 1.54) is 6.33 Å². The summed E-state index contributed by atoms with van der Waals surface area (Å²) in [6, 6.07) is 6.70. The van der Waals surface area contributed by atoms with Gasteiger partial charge in [-0.25, -0.2) is 19.6 Å². The normalized spacial score (nSPS) is 15.5. The third-order valence-electron chi connectivity index (χ3n) is 7.17. The SMILES string of the molecule is CC(C)(C)OC(=O)N1CCN(CC#CCn2cnc3c(F)c(Nc4ccc(Br)cc4Cl)c(C(=O)NOCC4CC4)cc32)CC1. The van der Waals surface area contributed by atoms with Gasteiger partial charge in [0.25, 0.3) is 5.91 Å². The standard InChI is InChI=1S/C31H35BrClFN6O4/c1-31(2,3)44-30(42)39-14-12-38(13-15-39)10-4-5-11-40-19-35-28-25(40)17-22(29(41)37-43-18-20-6-7-20)27(26(28)34)36-24-9-8-21(32)16-23(24)33/h8-9,16-17,19-20,36H,6-7,10-15,18H2,1-3H3,(H,37,41). The number of aromatic nitrogens is 2. The Bertz CT molecular complexity index is 1600. The average Bonchev–Trinajstić information content (AvgIpc) is 3.70. The minimum Gasteiger partial charge on any atom is -0.444 e. The van der Waals surface area contributed by atoms with E-state index < -0.39 is 17.3 Å². The number of fused-ring (bicyclic) bond motifs is 1. The van der Waals surface area contributed by atoms with Gasteiger partial charge >= 0.3 is 6.09 Å². The zero-order chi connectivity index (χ0) is 31.4. The molecule has 0 radical (unpaired) electrons. The molecular formula is C31H35BrClFN6O4. The fourth-order valence-corrected chi connectivity index (χ4v) is 5.32. The van der Waals surface area contributed by atoms with Gasteiger partial charge in [0.1, 0.15) is 11.1 Å². The first-order chi connectivity index (χ1) is 21.0. The van der Waals surface area contributed by atoms with Crippen LogP contribution in [0.25, 0.3) is 11.0 Å². The summed E-state index contributed by atoms with van der Waals surface area (Å²) in [5.74, 6) is 5.43. The van der Waals surface area contributed by atoms with E-state index in [2.05, 4.69) is 48.5 Å². The summed E-state index contributed by atoms with van der Waals surface area (Å²) in [4.78, 5) is 39.1. The number of hydrogen-bond acceptors (Lipinski definition) is 7. The first-order valence-electron chi connectivity index (χ1n) is 14.5. The number of nitrogens with zero attached hydrogens (tertiary/aromatic N) is 4. The van der Waals surface area contributed by atoms with Crippen LogP contribution in [0.4, 0.5) is 20.6 Å². The summed E-state index contributed by atoms with van der Waals surface area (Å²) in [6.45, 7) is 9.24. The molecule has 0 spiro atoms. The van der Waals surface area contributed by atoms with E-state index in [9.17, 15) is 9.59 Å². The monoisotopic (exact) mass is 688 g/mol. The van der Waals surface area contributed by atoms with Crippen LogP contribution in [0.15, 0.2) is 35.1 Å². The van der Waals surface area contributed by atoms with Gasteiger partial charge in [-0.2, -0.15) is 0 Å². The van der Waals surface area contributed by atoms with Gasteiger partial charge in [-0.3, -0.25) is 14.5 Å². The molecule has 1 aromatic heterocycles. The van der Waals surface area contributed by atoms with Gasteiger partial charge in [-0.1, -0.05) is 39.4 Å². The van der Waals surface area contributed by atoms with Crippen molar-refractivity contribution >= 4 is 61.9 Å². The highest BCUT2D eigenvalue weighted by molar-refractivity contribution is 9.10. The molecule has 13 heteroatoms. The number of ether oxygens (including phenoxy) is 1. The molecule has 1 aliphatic carbocycles. The predicted molar refractivity (Wildman–Crippen MR) is 170 cm³/mol. The zero-order valence-corrected chi connectivity index (χ0v) is 27.2. The number of anilines is 2. The van der Waals surface area contributed by atoms with Crippen molar-refractivity contribution in [1.29, 1.82) is 0 Å². The van der Waals surface area contributed by atoms with Crippen molar-refractivity contribution in [3.8, 4) is 11.8 Å². The van der Waals surface area contributed by atoms with Crippen molar-refractivity contribution in [3.63, 3.8) is 0 Å². The van der Waals surface area contributed by atoms with Crippen molar-refractivity contribution in [2.45, 2.75) is 45.8 Å². The van der Waals surface area contributed by atoms with Crippen LogP contribution in [0.1, 0.15) is 44.0 Å². The second-order valence-corrected chi connectivity index (χ2v) is 13.2. The Hall–Kier alpha value is -3.37. The van der Waals surface area contributed by atoms with Gasteiger partial charge in [-0.15, -0.1) is 0 Å². The van der Waals surface area contributed by atoms with Crippen LogP contribution in [-0.4, -0.2) is 76.3 Å². The highest BCUT2D eigenvalue weighted by atomic mass is 79.9. The van der Waals surface area contributed by atoms with E-state index in [0.717, 1.165) is 17.3 Å². The highest BCUT2D eigenvalue weighted by Gasteiger charge is 2.26. The fraction of sp³-hybridized carbons (Fsp3) is 0.452. The lowest BCUT2D eigenvalue weighted by Crippen LogP contribution is -2.50. The van der Waals surface area contributed by atoms with E-state index in [0.29, 0.717) is 61.5 Å². The Morgan fingerprint density at radius 2 is 1.86 bits per heavy atom. The van der Waals surface area contributed by atoms with E-state index >= 15 is 4.39 Å². The Kier molecular flexibility index (Phi) is 10.00. The quantitative estimate of drug-likeness (QED) is 0.222. The molecule has 2 N–H and O–H groups in total. The molecule has 3 aromatic rings. The van der Waals surface area contributed by atoms with Gasteiger partial charge in [0, 0.05) is 30.7 Å². The maximum atomic E-state index is 16.0. The number of imidazole rings is 1. The van der Waals surface area contributed by atoms with Crippen LogP contribution in [0.2, 0.25) is 5.02 Å². The number of nitrogens with one attached hydrogen (secondary N) is 2. The third kappa shape index (κ3) is 8.21. The number of halogens is 3. The largest absolute Gasteiger partial charge is 0.444 e. The number of carbonyl (C=O) groups excluding carboxylic acids is 2. The number of carbonyl (C=O) groups is 2. The summed E-state index contributed by atoms with van der Waals surface area (Å²) < 4.78 is 23.9. The Labute approximate surface area is 269 Å². The van der Waals surface area contributed by atoms with Gasteiger partial charge in [0.2, 0.25) is 0 Å². The molecule has 234 valence electrons. The molecule has 2 heterocycles. The van der Waals surface area contributed by atoms with Gasteiger partial charge < -0.3 is 19.5 Å². The number of benzene rings is 2. The Balaban J connectivity index is 1.29. The molecule has 2 amide bonds. The minimum absolute atomic E-state index is 0.0438. The molecule has 1 saturated carbocycles. The number of hydroxylamine groups is 1. The molecule has 44 heavy (non-hydrogen) atoms. The van der Waals surface area contributed by atoms with Crippen molar-refractivity contribution in [1.82, 2.24) is 24.8 Å². The molecular weight excluding hydrogens is 655 g/mol. The first kappa shape index (κ1) is 32.0. The number of piperazine rings is 1. The number of hydrogen-bond donors (Lipinski definition) is 2. The molecule has 0 bridgehead atoms. The number of amides is 2. The maximum absolute atomic E-state index is 16.0. The summed E-state index contributed by atoms with van der Waals surface area (Å²) in [6.07, 6.45) is 3.33. The topological polar surface area (TPSA) is 101 Å². The fourth-order valence-electron chi connectivity index (χ4n) is 4.60. The van der Waals surface area contributed by atoms with Crippen LogP contribution in [-0.2, 0) is 16.1 Å². The maximum Gasteiger partial charge on any atom is 0.410 e. The van der Waals surface area contributed by atoms with Crippen molar-refractivity contribution in [2.24, 2.45) is 5.92 Å². The second kappa shape index (κ2) is 13.7. The summed E-state index contributed by atoms with van der Waals surface area (Å²) in [5, 5.41) is 3.33. The molecule has 2 fully saturated rings. The molecule has 2 aromatic carbocycles. The van der Waals surface area contributed by atoms with Crippen LogP contribution in [0.3, 0.4) is 0 Å². The lowest BCUT2D eigenvalue weighted by Gasteiger charge is -2.34. The summed E-state index contributed by atoms with van der Waals surface area (Å²) >= 11 is 9.75. The van der Waals surface area contributed by atoms with Gasteiger partial charge in [0.05, 0.1) is 53.5 Å². The molecule has 1 saturated heterocycles. The highest BCUT2D eigenvalue weighted by Crippen LogP contribution is 2.34. The van der Waals surface area contributed by atoms with E-state index in [-0.39, 0.29) is 29.4 Å². The molecule has 0 atom stereocenters. The molecule has 5 rings (SSSR count). The van der Waals surface area contributed by atoms with Crippen LogP contribution in [0, 0.1) is 23.6 Å². The van der Waals surface area contributed by atoms with Crippen LogP contribution < -0.4 is 10.8 Å². The Morgan fingerprint density at radius 3 is 2.55 bits per heavy atom. The third-order valence-corrected chi connectivity index (χ3v) is 7.98. The van der Waals surface area contributed by atoms with E-state index in [4.69, 9.17) is 21.2 Å². The average molecular weight is 690 g/mol. The van der Waals surface area contributed by atoms with Crippen molar-refractivity contribution in [3.05, 3.63) is 51.5 Å². The Morgan fingerprint density at radius 1 is 1.14 bits per heavy atom. The zero-order valence-electron chi connectivity index (χ0n) is 24.9. The van der Waals surface area contributed by atoms with Gasteiger partial charge in [-0.05, 0) is 63.8 Å². The lowest BCUT2D eigenvalue weighted by atomic mass is 10.1. The van der Waals surface area contributed by atoms with E-state index in [1.54, 1.807) is 33.7 Å². The molecule has 1 aliphatic heterocycles. The van der Waals surface area contributed by atoms with Crippen LogP contribution >= 0.6 is 27.5 Å². The summed E-state index contributed by atoms with van der Waals surface area (Å²) in [7, 11) is 0. The predicted octanol–water partition coefficient (Wildman–Crippen LogP) is 5.96. The smallest absolute Gasteiger partial charge is 0.410 e. The van der Waals surface area contributed by atoms with Gasteiger partial charge in [0.15, 0.2) is 5.82 Å².